The number of unbranched alkanes of at least 4 members (excludes halogenated alkanes) is 1. The van der Waals surface area contributed by atoms with Crippen LogP contribution in [0.5, 0.6) is 5.75 Å². The summed E-state index contributed by atoms with van der Waals surface area (Å²) < 4.78 is 32.2. The summed E-state index contributed by atoms with van der Waals surface area (Å²) >= 11 is 5.80. The van der Waals surface area contributed by atoms with E-state index in [0.29, 0.717) is 35.9 Å². The molecule has 0 saturated heterocycles. The molecule has 2 N–H and O–H groups in total. The first kappa shape index (κ1) is 21.7. The molecule has 2 aromatic rings. The average molecular weight is 422 g/mol. The van der Waals surface area contributed by atoms with Crippen LogP contribution in [0.1, 0.15) is 19.3 Å². The first-order valence-electron chi connectivity index (χ1n) is 8.55. The first-order chi connectivity index (χ1) is 13.4. The van der Waals surface area contributed by atoms with Gasteiger partial charge in [-0.25, -0.2) is 13.1 Å². The Labute approximate surface area is 169 Å². The number of carbonyl (C=O) groups excluding carboxylic acids is 1. The van der Waals surface area contributed by atoms with Gasteiger partial charge in [0.2, 0.25) is 15.9 Å². The van der Waals surface area contributed by atoms with Crippen LogP contribution in [0.2, 0.25) is 5.02 Å². The molecule has 0 aliphatic carbocycles. The Kier molecular flexibility index (Phi) is 8.26. The predicted octanol–water partition coefficient (Wildman–Crippen LogP) is 3.33. The van der Waals surface area contributed by atoms with Crippen LogP contribution in [0.15, 0.2) is 53.4 Å². The molecule has 0 atom stereocenters. The van der Waals surface area contributed by atoms with Crippen LogP contribution >= 0.6 is 11.6 Å². The lowest BCUT2D eigenvalue weighted by atomic mass is 10.3. The van der Waals surface area contributed by atoms with E-state index in [9.17, 15) is 13.2 Å². The highest BCUT2D eigenvalue weighted by molar-refractivity contribution is 7.89. The Bertz CT molecular complexity index is 958. The van der Waals surface area contributed by atoms with Crippen LogP contribution in [0, 0.1) is 11.3 Å². The number of ether oxygens (including phenoxy) is 1. The fraction of sp³-hybridized carbons (Fsp3) is 0.263. The summed E-state index contributed by atoms with van der Waals surface area (Å²) in [6.07, 6.45) is 1.01. The van der Waals surface area contributed by atoms with Crippen molar-refractivity contribution in [2.75, 3.05) is 18.5 Å². The molecule has 0 aliphatic rings. The number of rotatable bonds is 10. The van der Waals surface area contributed by atoms with Crippen molar-refractivity contribution in [3.8, 4) is 11.8 Å². The first-order valence-corrected chi connectivity index (χ1v) is 10.4. The lowest BCUT2D eigenvalue weighted by Crippen LogP contribution is -2.27. The zero-order valence-corrected chi connectivity index (χ0v) is 16.6. The molecule has 9 heteroatoms. The lowest BCUT2D eigenvalue weighted by Gasteiger charge is -2.10. The third kappa shape index (κ3) is 7.19. The second-order valence-corrected chi connectivity index (χ2v) is 7.99. The van der Waals surface area contributed by atoms with Gasteiger partial charge in [0.1, 0.15) is 5.75 Å². The minimum absolute atomic E-state index is 0.0347. The molecule has 1 amide bonds. The Morgan fingerprint density at radius 1 is 1.18 bits per heavy atom. The van der Waals surface area contributed by atoms with Crippen molar-refractivity contribution in [1.82, 2.24) is 4.72 Å². The van der Waals surface area contributed by atoms with E-state index in [1.165, 1.54) is 12.1 Å². The van der Waals surface area contributed by atoms with Gasteiger partial charge in [-0.1, -0.05) is 23.7 Å². The summed E-state index contributed by atoms with van der Waals surface area (Å²) in [5.41, 5.74) is 0.542. The molecule has 0 bridgehead atoms. The van der Waals surface area contributed by atoms with Crippen molar-refractivity contribution in [2.45, 2.75) is 24.2 Å². The number of benzene rings is 2. The van der Waals surface area contributed by atoms with Crippen LogP contribution in [0.3, 0.4) is 0 Å². The van der Waals surface area contributed by atoms with Gasteiger partial charge < -0.3 is 10.1 Å². The van der Waals surface area contributed by atoms with Gasteiger partial charge in [-0.15, -0.1) is 0 Å². The van der Waals surface area contributed by atoms with E-state index >= 15 is 0 Å². The number of hydrogen-bond donors (Lipinski definition) is 2. The predicted molar refractivity (Wildman–Crippen MR) is 107 cm³/mol. The van der Waals surface area contributed by atoms with Gasteiger partial charge in [0.25, 0.3) is 0 Å². The molecule has 7 nitrogen and oxygen atoms in total. The van der Waals surface area contributed by atoms with E-state index in [2.05, 4.69) is 10.0 Å². The quantitative estimate of drug-likeness (QED) is 0.572. The number of nitrogens with one attached hydrogen (secondary N) is 2. The molecule has 148 valence electrons. The highest BCUT2D eigenvalue weighted by Crippen LogP contribution is 2.18. The number of amides is 1. The number of nitrogens with zero attached hydrogens (tertiary/aromatic N) is 1. The molecule has 0 unspecified atom stereocenters. The Hall–Kier alpha value is -2.60. The molecular formula is C19H20ClN3O4S. The number of anilines is 1. The summed E-state index contributed by atoms with van der Waals surface area (Å²) in [6.45, 7) is 0.362. The summed E-state index contributed by atoms with van der Waals surface area (Å²) in [5, 5.41) is 11.5. The van der Waals surface area contributed by atoms with Crippen LogP contribution in [-0.2, 0) is 14.8 Å². The second kappa shape index (κ2) is 10.7. The summed E-state index contributed by atoms with van der Waals surface area (Å²) in [4.78, 5) is 12.1. The normalized spacial score (nSPS) is 10.9. The van der Waals surface area contributed by atoms with Crippen molar-refractivity contribution < 1.29 is 17.9 Å². The van der Waals surface area contributed by atoms with Gasteiger partial charge in [0.15, 0.2) is 0 Å². The minimum Gasteiger partial charge on any atom is -0.493 e. The fourth-order valence-corrected chi connectivity index (χ4v) is 3.58. The Morgan fingerprint density at radius 3 is 2.71 bits per heavy atom. The maximum Gasteiger partial charge on any atom is 0.240 e. The van der Waals surface area contributed by atoms with E-state index < -0.39 is 10.0 Å². The van der Waals surface area contributed by atoms with Gasteiger partial charge >= 0.3 is 0 Å². The van der Waals surface area contributed by atoms with Crippen molar-refractivity contribution in [2.24, 2.45) is 0 Å². The van der Waals surface area contributed by atoms with Gasteiger partial charge in [-0.2, -0.15) is 5.26 Å². The minimum atomic E-state index is -3.73. The summed E-state index contributed by atoms with van der Waals surface area (Å²) in [7, 11) is -3.73. The molecule has 2 aromatic carbocycles. The Balaban J connectivity index is 1.82. The highest BCUT2D eigenvalue weighted by Gasteiger charge is 2.14. The number of sulfonamides is 1. The van der Waals surface area contributed by atoms with Gasteiger partial charge in [0.05, 0.1) is 17.6 Å². The molecule has 0 aromatic heterocycles. The van der Waals surface area contributed by atoms with Gasteiger partial charge in [-0.05, 0) is 36.8 Å². The second-order valence-electron chi connectivity index (χ2n) is 5.79. The largest absolute Gasteiger partial charge is 0.493 e. The van der Waals surface area contributed by atoms with Crippen molar-refractivity contribution in [1.29, 1.82) is 5.26 Å². The highest BCUT2D eigenvalue weighted by atomic mass is 35.5. The van der Waals surface area contributed by atoms with Gasteiger partial charge in [-0.3, -0.25) is 4.79 Å². The smallest absolute Gasteiger partial charge is 0.240 e. The average Bonchev–Trinajstić information content (AvgIpc) is 2.65. The topological polar surface area (TPSA) is 108 Å². The van der Waals surface area contributed by atoms with Crippen LogP contribution in [0.4, 0.5) is 5.69 Å². The third-order valence-corrected chi connectivity index (χ3v) is 5.26. The Morgan fingerprint density at radius 2 is 1.96 bits per heavy atom. The molecule has 0 heterocycles. The molecule has 0 fully saturated rings. The molecule has 2 rings (SSSR count). The van der Waals surface area contributed by atoms with Crippen molar-refractivity contribution in [3.63, 3.8) is 0 Å². The number of halogens is 1. The van der Waals surface area contributed by atoms with E-state index in [0.717, 1.165) is 0 Å². The maximum atomic E-state index is 12.2. The number of hydrogen-bond acceptors (Lipinski definition) is 5. The van der Waals surface area contributed by atoms with Crippen molar-refractivity contribution in [3.05, 3.63) is 53.6 Å². The SMILES string of the molecule is N#CCCCOc1cccc(NC(=O)CCNS(=O)(=O)c2cccc(Cl)c2)c1. The number of nitriles is 1. The van der Waals surface area contributed by atoms with Crippen LogP contribution in [-0.4, -0.2) is 27.5 Å². The zero-order valence-electron chi connectivity index (χ0n) is 15.0. The molecule has 0 spiro atoms. The lowest BCUT2D eigenvalue weighted by molar-refractivity contribution is -0.116. The third-order valence-electron chi connectivity index (χ3n) is 3.57. The molecule has 0 saturated carbocycles. The molecular weight excluding hydrogens is 402 g/mol. The van der Waals surface area contributed by atoms with E-state index in [1.54, 1.807) is 36.4 Å². The fourth-order valence-electron chi connectivity index (χ4n) is 2.24. The monoisotopic (exact) mass is 421 g/mol. The van der Waals surface area contributed by atoms with Crippen LogP contribution < -0.4 is 14.8 Å². The molecule has 0 radical (unpaired) electrons. The summed E-state index contributed by atoms with van der Waals surface area (Å²) in [6, 6.07) is 14.8. The summed E-state index contributed by atoms with van der Waals surface area (Å²) in [5.74, 6) is 0.243. The van der Waals surface area contributed by atoms with Gasteiger partial charge in [0, 0.05) is 36.2 Å². The van der Waals surface area contributed by atoms with E-state index in [1.807, 2.05) is 6.07 Å². The van der Waals surface area contributed by atoms with E-state index in [4.69, 9.17) is 21.6 Å². The van der Waals surface area contributed by atoms with Crippen LogP contribution in [0.25, 0.3) is 0 Å². The van der Waals surface area contributed by atoms with E-state index in [-0.39, 0.29) is 23.8 Å². The maximum absolute atomic E-state index is 12.2. The number of carbonyl (C=O) groups is 1. The standard InChI is InChI=1S/C19H20ClN3O4S/c20-15-5-3-8-18(13-15)28(25,26)22-11-9-19(24)23-16-6-4-7-17(14-16)27-12-2-1-10-21/h3-8,13-14,22H,1-2,9,11-12H2,(H,23,24). The molecule has 0 aliphatic heterocycles. The zero-order chi connectivity index (χ0) is 20.4. The molecule has 28 heavy (non-hydrogen) atoms. The van der Waals surface area contributed by atoms with Crippen molar-refractivity contribution >= 4 is 33.2 Å².